The first-order chi connectivity index (χ1) is 17.3. The van der Waals surface area contributed by atoms with E-state index >= 15 is 0 Å². The summed E-state index contributed by atoms with van der Waals surface area (Å²) in [5, 5.41) is 35.3. The van der Waals surface area contributed by atoms with E-state index in [0.29, 0.717) is 41.9 Å². The normalized spacial score (nSPS) is 11.8. The molecule has 8 N–H and O–H groups in total. The second kappa shape index (κ2) is 17.7. The van der Waals surface area contributed by atoms with Crippen molar-refractivity contribution in [3.8, 4) is 11.5 Å². The molecule has 0 radical (unpaired) electrons. The van der Waals surface area contributed by atoms with Crippen LogP contribution in [0.5, 0.6) is 11.5 Å². The van der Waals surface area contributed by atoms with Gasteiger partial charge in [-0.15, -0.1) is 11.6 Å². The number of carboxylic acid groups (broad SMARTS) is 2. The SMILES string of the molecule is Cc1c(O)c(=O)ccn1CCCl.Cc1c(O)c(=O)ccn1CCSC[C@@H](N)C(=O)O.N[C@H](CS)C(=O)O.[2HH].[HH].[HH]. The number of rotatable bonds is 10. The molecule has 15 heteroatoms. The second-order valence-corrected chi connectivity index (χ2v) is 9.34. The summed E-state index contributed by atoms with van der Waals surface area (Å²) < 4.78 is 3.49. The molecule has 37 heavy (non-hydrogen) atoms. The number of hydrogen-bond acceptors (Lipinski definition) is 10. The van der Waals surface area contributed by atoms with Gasteiger partial charge in [0.25, 0.3) is 0 Å². The van der Waals surface area contributed by atoms with Gasteiger partial charge in [-0.25, -0.2) is 0 Å². The Kier molecular flexibility index (Phi) is 16.5. The van der Waals surface area contributed by atoms with E-state index in [0.717, 1.165) is 0 Å². The van der Waals surface area contributed by atoms with E-state index in [9.17, 15) is 29.4 Å². The minimum atomic E-state index is -1.01. The fraction of sp³-hybridized carbons (Fsp3) is 0.455. The number of pyridine rings is 2. The highest BCUT2D eigenvalue weighted by atomic mass is 35.5. The molecule has 2 aromatic heterocycles. The smallest absolute Gasteiger partial charge is 0.321 e. The lowest BCUT2D eigenvalue weighted by molar-refractivity contribution is -0.138. The zero-order valence-corrected chi connectivity index (χ0v) is 22.9. The number of aromatic hydroxyl groups is 2. The fourth-order valence-electron chi connectivity index (χ4n) is 2.42. The van der Waals surface area contributed by atoms with Crippen molar-refractivity contribution in [1.82, 2.24) is 9.13 Å². The Morgan fingerprint density at radius 2 is 1.43 bits per heavy atom. The third kappa shape index (κ3) is 12.4. The van der Waals surface area contributed by atoms with Gasteiger partial charge in [0.05, 0.1) is 11.4 Å². The Hall–Kier alpha value is -2.65. The number of thiol groups is 1. The molecule has 214 valence electrons. The van der Waals surface area contributed by atoms with E-state index in [1.807, 2.05) is 0 Å². The van der Waals surface area contributed by atoms with Crippen LogP contribution < -0.4 is 22.3 Å². The van der Waals surface area contributed by atoms with Gasteiger partial charge in [0, 0.05) is 65.0 Å². The van der Waals surface area contributed by atoms with Crippen LogP contribution in [0, 0.1) is 13.8 Å². The standard InChI is InChI=1S/C11H16N2O4S.C8H10ClNO2.C3H7NO2S.3H2/c1-7-10(15)9(14)2-3-13(7)4-5-18-6-8(12)11(16)17;1-6-8(12)7(11)2-4-10(6)5-3-9;4-2(1-7)3(5)6;;;/h2-3,8,15H,4-6,12H2,1H3,(H,16,17);2,4,12H,3,5H2,1H3;2,7H,1,4H2,(H,5,6);3*1H/t8-;;2-;;;/m1.1.../s1/i;;;1+1;;. The molecule has 0 spiro atoms. The first kappa shape index (κ1) is 34.4. The Morgan fingerprint density at radius 3 is 1.78 bits per heavy atom. The molecule has 2 atom stereocenters. The molecule has 0 bridgehead atoms. The van der Waals surface area contributed by atoms with Crippen molar-refractivity contribution < 1.29 is 34.3 Å². The average Bonchev–Trinajstić information content (AvgIpc) is 2.86. The maximum atomic E-state index is 11.1. The lowest BCUT2D eigenvalue weighted by atomic mass is 10.3. The molecular formula is C22H39ClN4O8S2. The highest BCUT2D eigenvalue weighted by molar-refractivity contribution is 7.99. The summed E-state index contributed by atoms with van der Waals surface area (Å²) in [6.45, 7) is 4.52. The van der Waals surface area contributed by atoms with Crippen LogP contribution in [0.4, 0.5) is 0 Å². The third-order valence-electron chi connectivity index (χ3n) is 4.76. The van der Waals surface area contributed by atoms with Crippen LogP contribution in [0.15, 0.2) is 34.1 Å². The molecule has 12 nitrogen and oxygen atoms in total. The summed E-state index contributed by atoms with van der Waals surface area (Å²) >= 11 is 10.6. The van der Waals surface area contributed by atoms with Crippen LogP contribution in [0.1, 0.15) is 15.7 Å². The summed E-state index contributed by atoms with van der Waals surface area (Å²) in [5.74, 6) is -0.814. The molecule has 2 rings (SSSR count). The van der Waals surface area contributed by atoms with Gasteiger partial charge in [-0.05, 0) is 13.8 Å². The molecule has 0 aromatic carbocycles. The average molecular weight is 588 g/mol. The zero-order valence-electron chi connectivity index (χ0n) is 20.4. The van der Waals surface area contributed by atoms with Gasteiger partial charge in [0.15, 0.2) is 11.5 Å². The molecule has 0 aliphatic heterocycles. The lowest BCUT2D eigenvalue weighted by Crippen LogP contribution is -2.32. The number of nitrogens with two attached hydrogens (primary N) is 2. The molecule has 0 aliphatic rings. The van der Waals surface area contributed by atoms with E-state index in [2.05, 4.69) is 12.6 Å². The second-order valence-electron chi connectivity index (χ2n) is 7.45. The first-order valence-electron chi connectivity index (χ1n) is 10.8. The van der Waals surface area contributed by atoms with E-state index < -0.39 is 29.5 Å². The van der Waals surface area contributed by atoms with Gasteiger partial charge in [0.1, 0.15) is 12.1 Å². The molecule has 0 aliphatic carbocycles. The fourth-order valence-corrected chi connectivity index (χ4v) is 3.65. The highest BCUT2D eigenvalue weighted by Gasteiger charge is 2.11. The number of hydrogen-bond donors (Lipinski definition) is 7. The number of carbonyl (C=O) groups is 2. The van der Waals surface area contributed by atoms with E-state index in [1.54, 1.807) is 35.4 Å². The summed E-state index contributed by atoms with van der Waals surface area (Å²) in [6, 6.07) is 0.951. The van der Waals surface area contributed by atoms with Crippen LogP contribution in [0.25, 0.3) is 0 Å². The van der Waals surface area contributed by atoms with Crippen molar-refractivity contribution in [1.29, 1.82) is 0 Å². The number of aromatic nitrogens is 2. The molecular weight excluding hydrogens is 548 g/mol. The van der Waals surface area contributed by atoms with Crippen LogP contribution in [0.2, 0.25) is 0 Å². The minimum absolute atomic E-state index is 0. The zero-order chi connectivity index (χ0) is 28.7. The molecule has 0 saturated heterocycles. The van der Waals surface area contributed by atoms with Gasteiger partial charge in [-0.2, -0.15) is 24.4 Å². The Bertz CT molecular complexity index is 1160. The van der Waals surface area contributed by atoms with Crippen molar-refractivity contribution in [3.63, 3.8) is 0 Å². The molecule has 0 saturated carbocycles. The number of halogens is 1. The largest absolute Gasteiger partial charge is 0.503 e. The van der Waals surface area contributed by atoms with E-state index in [4.69, 9.17) is 33.3 Å². The van der Waals surface area contributed by atoms with Gasteiger partial charge < -0.3 is 41.0 Å². The first-order valence-corrected chi connectivity index (χ1v) is 13.1. The minimum Gasteiger partial charge on any atom is -0.503 e. The van der Waals surface area contributed by atoms with Crippen molar-refractivity contribution in [2.24, 2.45) is 11.5 Å². The molecule has 0 amide bonds. The quantitative estimate of drug-likeness (QED) is 0.119. The maximum Gasteiger partial charge on any atom is 0.321 e. The predicted octanol–water partition coefficient (Wildman–Crippen LogP) is 1.17. The van der Waals surface area contributed by atoms with Crippen molar-refractivity contribution in [2.45, 2.75) is 39.0 Å². The van der Waals surface area contributed by atoms with Gasteiger partial charge in [-0.1, -0.05) is 0 Å². The molecule has 0 fully saturated rings. The van der Waals surface area contributed by atoms with Crippen molar-refractivity contribution in [2.75, 3.05) is 23.1 Å². The van der Waals surface area contributed by atoms with E-state index in [1.165, 1.54) is 23.9 Å². The number of carboxylic acids is 2. The van der Waals surface area contributed by atoms with Gasteiger partial charge >= 0.3 is 11.9 Å². The maximum absolute atomic E-state index is 11.1. The number of aryl methyl sites for hydroxylation is 2. The van der Waals surface area contributed by atoms with Crippen LogP contribution >= 0.6 is 36.0 Å². The predicted molar refractivity (Wildman–Crippen MR) is 154 cm³/mol. The van der Waals surface area contributed by atoms with E-state index in [-0.39, 0.29) is 27.0 Å². The monoisotopic (exact) mass is 587 g/mol. The lowest BCUT2D eigenvalue weighted by Gasteiger charge is -2.11. The Morgan fingerprint density at radius 1 is 1.00 bits per heavy atom. The van der Waals surface area contributed by atoms with Gasteiger partial charge in [0.2, 0.25) is 10.9 Å². The van der Waals surface area contributed by atoms with Crippen molar-refractivity contribution in [3.05, 3.63) is 56.4 Å². The summed E-state index contributed by atoms with van der Waals surface area (Å²) in [7, 11) is 0. The topological polar surface area (TPSA) is 211 Å². The van der Waals surface area contributed by atoms with Crippen LogP contribution in [0.3, 0.4) is 0 Å². The number of alkyl halides is 1. The molecule has 2 heterocycles. The van der Waals surface area contributed by atoms with Crippen molar-refractivity contribution >= 4 is 47.9 Å². The number of aliphatic carboxylic acids is 2. The highest BCUT2D eigenvalue weighted by Crippen LogP contribution is 2.11. The summed E-state index contributed by atoms with van der Waals surface area (Å²) in [6.07, 6.45) is 3.23. The van der Waals surface area contributed by atoms with Gasteiger partial charge in [-0.3, -0.25) is 19.2 Å². The number of thioether (sulfide) groups is 1. The molecule has 0 unspecified atom stereocenters. The number of nitrogens with zero attached hydrogens (tertiary/aromatic N) is 2. The molecule has 2 aromatic rings. The Labute approximate surface area is 232 Å². The summed E-state index contributed by atoms with van der Waals surface area (Å²) in [5.41, 5.74) is 10.6. The third-order valence-corrected chi connectivity index (χ3v) is 6.38. The summed E-state index contributed by atoms with van der Waals surface area (Å²) in [4.78, 5) is 42.3. The van der Waals surface area contributed by atoms with Crippen LogP contribution in [-0.2, 0) is 22.7 Å². The van der Waals surface area contributed by atoms with Crippen LogP contribution in [-0.4, -0.2) is 76.7 Å². The Balaban J connectivity index is -0.000000257.